The number of aryl methyl sites for hydroxylation is 1. The molecule has 102 valence electrons. The SMILES string of the molecule is CCCCCCOc1ccc(CNCC)c(C)n1. The first-order valence-corrected chi connectivity index (χ1v) is 7.08. The van der Waals surface area contributed by atoms with Crippen LogP contribution in [0.5, 0.6) is 5.88 Å². The quantitative estimate of drug-likeness (QED) is 0.682. The van der Waals surface area contributed by atoms with Gasteiger partial charge in [0, 0.05) is 18.3 Å². The fraction of sp³-hybridized carbons (Fsp3) is 0.667. The van der Waals surface area contributed by atoms with Gasteiger partial charge in [0.25, 0.3) is 0 Å². The van der Waals surface area contributed by atoms with E-state index in [2.05, 4.69) is 30.2 Å². The lowest BCUT2D eigenvalue weighted by Gasteiger charge is -2.09. The van der Waals surface area contributed by atoms with E-state index in [1.807, 2.05) is 13.0 Å². The van der Waals surface area contributed by atoms with E-state index in [1.54, 1.807) is 0 Å². The Morgan fingerprint density at radius 3 is 2.67 bits per heavy atom. The second kappa shape index (κ2) is 8.92. The molecule has 0 bridgehead atoms. The van der Waals surface area contributed by atoms with Gasteiger partial charge in [0.05, 0.1) is 6.61 Å². The molecule has 1 N–H and O–H groups in total. The van der Waals surface area contributed by atoms with Crippen LogP contribution in [-0.2, 0) is 6.54 Å². The van der Waals surface area contributed by atoms with Crippen molar-refractivity contribution in [3.8, 4) is 5.88 Å². The van der Waals surface area contributed by atoms with E-state index in [4.69, 9.17) is 4.74 Å². The molecule has 0 fully saturated rings. The van der Waals surface area contributed by atoms with Crippen LogP contribution in [0.4, 0.5) is 0 Å². The zero-order chi connectivity index (χ0) is 13.2. The highest BCUT2D eigenvalue weighted by Crippen LogP contribution is 2.13. The first-order valence-electron chi connectivity index (χ1n) is 7.08. The molecular formula is C15H26N2O. The molecule has 0 unspecified atom stereocenters. The highest BCUT2D eigenvalue weighted by atomic mass is 16.5. The summed E-state index contributed by atoms with van der Waals surface area (Å²) in [6.07, 6.45) is 4.91. The molecule has 0 saturated heterocycles. The third kappa shape index (κ3) is 5.50. The molecule has 0 atom stereocenters. The average Bonchev–Trinajstić information content (AvgIpc) is 2.37. The van der Waals surface area contributed by atoms with Crippen LogP contribution in [0.15, 0.2) is 12.1 Å². The van der Waals surface area contributed by atoms with Crippen LogP contribution >= 0.6 is 0 Å². The Morgan fingerprint density at radius 2 is 2.00 bits per heavy atom. The lowest BCUT2D eigenvalue weighted by Crippen LogP contribution is -2.13. The number of nitrogens with zero attached hydrogens (tertiary/aromatic N) is 1. The van der Waals surface area contributed by atoms with E-state index in [-0.39, 0.29) is 0 Å². The van der Waals surface area contributed by atoms with Crippen molar-refractivity contribution < 1.29 is 4.74 Å². The molecule has 0 spiro atoms. The first kappa shape index (κ1) is 15.0. The van der Waals surface area contributed by atoms with Crippen LogP contribution in [0.3, 0.4) is 0 Å². The largest absolute Gasteiger partial charge is 0.478 e. The van der Waals surface area contributed by atoms with Crippen molar-refractivity contribution in [1.29, 1.82) is 0 Å². The minimum atomic E-state index is 0.754. The summed E-state index contributed by atoms with van der Waals surface area (Å²) in [7, 11) is 0. The van der Waals surface area contributed by atoms with Crippen LogP contribution in [-0.4, -0.2) is 18.1 Å². The molecule has 0 aromatic carbocycles. The van der Waals surface area contributed by atoms with Crippen LogP contribution in [0.2, 0.25) is 0 Å². The molecule has 0 radical (unpaired) electrons. The molecule has 0 aliphatic rings. The molecule has 1 aromatic heterocycles. The van der Waals surface area contributed by atoms with E-state index in [1.165, 1.54) is 24.8 Å². The van der Waals surface area contributed by atoms with Gasteiger partial charge in [-0.2, -0.15) is 0 Å². The number of ether oxygens (including phenoxy) is 1. The van der Waals surface area contributed by atoms with E-state index >= 15 is 0 Å². The molecule has 3 heteroatoms. The van der Waals surface area contributed by atoms with E-state index in [9.17, 15) is 0 Å². The van der Waals surface area contributed by atoms with Crippen LogP contribution < -0.4 is 10.1 Å². The second-order valence-corrected chi connectivity index (χ2v) is 4.58. The molecule has 1 rings (SSSR count). The van der Waals surface area contributed by atoms with Gasteiger partial charge < -0.3 is 10.1 Å². The van der Waals surface area contributed by atoms with Gasteiger partial charge in [-0.25, -0.2) is 4.98 Å². The smallest absolute Gasteiger partial charge is 0.213 e. The topological polar surface area (TPSA) is 34.1 Å². The number of rotatable bonds is 9. The molecule has 18 heavy (non-hydrogen) atoms. The van der Waals surface area contributed by atoms with Gasteiger partial charge in [0.2, 0.25) is 5.88 Å². The van der Waals surface area contributed by atoms with Gasteiger partial charge in [-0.05, 0) is 25.5 Å². The first-order chi connectivity index (χ1) is 8.77. The summed E-state index contributed by atoms with van der Waals surface area (Å²) in [4.78, 5) is 4.48. The Hall–Kier alpha value is -1.09. The van der Waals surface area contributed by atoms with E-state index in [0.717, 1.165) is 37.7 Å². The van der Waals surface area contributed by atoms with Crippen LogP contribution in [0.1, 0.15) is 50.8 Å². The summed E-state index contributed by atoms with van der Waals surface area (Å²) in [6.45, 7) is 9.00. The Kier molecular flexibility index (Phi) is 7.42. The predicted octanol–water partition coefficient (Wildman–Crippen LogP) is 3.46. The Balaban J connectivity index is 2.36. The maximum absolute atomic E-state index is 5.66. The lowest BCUT2D eigenvalue weighted by atomic mass is 10.2. The number of nitrogens with one attached hydrogen (secondary N) is 1. The lowest BCUT2D eigenvalue weighted by molar-refractivity contribution is 0.293. The van der Waals surface area contributed by atoms with Gasteiger partial charge in [-0.3, -0.25) is 0 Å². The van der Waals surface area contributed by atoms with Crippen LogP contribution in [0, 0.1) is 6.92 Å². The number of hydrogen-bond donors (Lipinski definition) is 1. The van der Waals surface area contributed by atoms with Crippen molar-refractivity contribution in [3.63, 3.8) is 0 Å². The van der Waals surface area contributed by atoms with Gasteiger partial charge in [-0.1, -0.05) is 39.2 Å². The van der Waals surface area contributed by atoms with Gasteiger partial charge in [-0.15, -0.1) is 0 Å². The number of hydrogen-bond acceptors (Lipinski definition) is 3. The monoisotopic (exact) mass is 250 g/mol. The molecule has 0 aliphatic heterocycles. The highest BCUT2D eigenvalue weighted by molar-refractivity contribution is 5.24. The number of unbranched alkanes of at least 4 members (excludes halogenated alkanes) is 3. The summed E-state index contributed by atoms with van der Waals surface area (Å²) in [6, 6.07) is 4.08. The van der Waals surface area contributed by atoms with Crippen molar-refractivity contribution in [1.82, 2.24) is 10.3 Å². The molecule has 0 amide bonds. The van der Waals surface area contributed by atoms with Crippen molar-refractivity contribution in [2.45, 2.75) is 53.0 Å². The molecule has 1 heterocycles. The molecule has 0 saturated carbocycles. The number of aromatic nitrogens is 1. The van der Waals surface area contributed by atoms with Crippen molar-refractivity contribution >= 4 is 0 Å². The predicted molar refractivity (Wildman–Crippen MR) is 76.0 cm³/mol. The Morgan fingerprint density at radius 1 is 1.17 bits per heavy atom. The summed E-state index contributed by atoms with van der Waals surface area (Å²) in [5.41, 5.74) is 2.30. The normalized spacial score (nSPS) is 10.6. The summed E-state index contributed by atoms with van der Waals surface area (Å²) in [5, 5.41) is 3.31. The third-order valence-corrected chi connectivity index (χ3v) is 2.98. The number of pyridine rings is 1. The summed E-state index contributed by atoms with van der Waals surface area (Å²) in [5.74, 6) is 0.754. The Bertz CT molecular complexity index is 339. The van der Waals surface area contributed by atoms with Gasteiger partial charge in [0.15, 0.2) is 0 Å². The zero-order valence-corrected chi connectivity index (χ0v) is 12.0. The zero-order valence-electron chi connectivity index (χ0n) is 12.0. The fourth-order valence-corrected chi connectivity index (χ4v) is 1.80. The average molecular weight is 250 g/mol. The minimum Gasteiger partial charge on any atom is -0.478 e. The second-order valence-electron chi connectivity index (χ2n) is 4.58. The van der Waals surface area contributed by atoms with Crippen molar-refractivity contribution in [2.75, 3.05) is 13.2 Å². The minimum absolute atomic E-state index is 0.754. The summed E-state index contributed by atoms with van der Waals surface area (Å²) < 4.78 is 5.66. The van der Waals surface area contributed by atoms with Crippen molar-refractivity contribution in [3.05, 3.63) is 23.4 Å². The van der Waals surface area contributed by atoms with Crippen molar-refractivity contribution in [2.24, 2.45) is 0 Å². The maximum atomic E-state index is 5.66. The Labute approximate surface area is 111 Å². The van der Waals surface area contributed by atoms with E-state index in [0.29, 0.717) is 0 Å². The van der Waals surface area contributed by atoms with E-state index < -0.39 is 0 Å². The molecule has 3 nitrogen and oxygen atoms in total. The fourth-order valence-electron chi connectivity index (χ4n) is 1.80. The highest BCUT2D eigenvalue weighted by Gasteiger charge is 2.02. The standard InChI is InChI=1S/C15H26N2O/c1-4-6-7-8-11-18-15-10-9-14(12-16-5-2)13(3)17-15/h9-10,16H,4-8,11-12H2,1-3H3. The third-order valence-electron chi connectivity index (χ3n) is 2.98. The van der Waals surface area contributed by atoms with Gasteiger partial charge >= 0.3 is 0 Å². The van der Waals surface area contributed by atoms with Gasteiger partial charge in [0.1, 0.15) is 0 Å². The molecule has 0 aliphatic carbocycles. The molecule has 1 aromatic rings. The van der Waals surface area contributed by atoms with Crippen LogP contribution in [0.25, 0.3) is 0 Å². The summed E-state index contributed by atoms with van der Waals surface area (Å²) >= 11 is 0. The molecular weight excluding hydrogens is 224 g/mol. The maximum Gasteiger partial charge on any atom is 0.213 e.